The van der Waals surface area contributed by atoms with Gasteiger partial charge in [-0.05, 0) is 36.2 Å². The zero-order valence-corrected chi connectivity index (χ0v) is 9.82. The maximum Gasteiger partial charge on any atom is 0.202 e. The second-order valence-electron chi connectivity index (χ2n) is 4.07. The molecule has 0 aliphatic rings. The highest BCUT2D eigenvalue weighted by molar-refractivity contribution is 5.73. The second kappa shape index (κ2) is 4.44. The molecule has 18 heavy (non-hydrogen) atoms. The first-order chi connectivity index (χ1) is 8.84. The normalized spacial score (nSPS) is 10.9. The van der Waals surface area contributed by atoms with Crippen LogP contribution in [-0.4, -0.2) is 19.5 Å². The van der Waals surface area contributed by atoms with Crippen LogP contribution in [0.25, 0.3) is 11.2 Å². The standard InChI is InChI=1S/C13H13N5/c14-13-17-11-2-1-6-16-12(11)18(13)9-5-10-3-7-15-8-4-10/h1-4,6-8H,5,9H2,(H2,14,17). The number of aryl methyl sites for hydroxylation is 2. The molecule has 0 aliphatic heterocycles. The Bertz CT molecular complexity index is 659. The lowest BCUT2D eigenvalue weighted by Crippen LogP contribution is -2.06. The van der Waals surface area contributed by atoms with Crippen molar-refractivity contribution in [3.05, 3.63) is 48.4 Å². The molecule has 2 N–H and O–H groups in total. The molecule has 0 amide bonds. The number of nitrogen functional groups attached to an aromatic ring is 1. The van der Waals surface area contributed by atoms with Crippen LogP contribution in [-0.2, 0) is 13.0 Å². The van der Waals surface area contributed by atoms with Gasteiger partial charge in [0.15, 0.2) is 5.65 Å². The average molecular weight is 239 g/mol. The molecule has 0 aromatic carbocycles. The van der Waals surface area contributed by atoms with E-state index in [9.17, 15) is 0 Å². The first-order valence-corrected chi connectivity index (χ1v) is 5.80. The van der Waals surface area contributed by atoms with Crippen molar-refractivity contribution in [3.8, 4) is 0 Å². The largest absolute Gasteiger partial charge is 0.369 e. The Balaban J connectivity index is 1.89. The number of fused-ring (bicyclic) bond motifs is 1. The molecule has 0 atom stereocenters. The SMILES string of the molecule is Nc1nc2cccnc2n1CCc1ccncc1. The molecule has 5 nitrogen and oxygen atoms in total. The van der Waals surface area contributed by atoms with Gasteiger partial charge in [-0.1, -0.05) is 0 Å². The molecule has 0 aliphatic carbocycles. The monoisotopic (exact) mass is 239 g/mol. The molecule has 0 bridgehead atoms. The summed E-state index contributed by atoms with van der Waals surface area (Å²) < 4.78 is 1.94. The maximum atomic E-state index is 5.92. The molecule has 0 spiro atoms. The van der Waals surface area contributed by atoms with E-state index in [1.54, 1.807) is 18.6 Å². The van der Waals surface area contributed by atoms with Gasteiger partial charge in [-0.15, -0.1) is 0 Å². The van der Waals surface area contributed by atoms with Crippen molar-refractivity contribution in [2.45, 2.75) is 13.0 Å². The summed E-state index contributed by atoms with van der Waals surface area (Å²) in [6.07, 6.45) is 6.23. The number of anilines is 1. The molecule has 0 saturated heterocycles. The number of hydrogen-bond donors (Lipinski definition) is 1. The molecule has 3 rings (SSSR count). The van der Waals surface area contributed by atoms with Gasteiger partial charge in [0.25, 0.3) is 0 Å². The fourth-order valence-electron chi connectivity index (χ4n) is 1.99. The number of nitrogens with zero attached hydrogens (tertiary/aromatic N) is 4. The van der Waals surface area contributed by atoms with E-state index in [2.05, 4.69) is 15.0 Å². The van der Waals surface area contributed by atoms with Crippen LogP contribution in [0.5, 0.6) is 0 Å². The number of nitrogens with two attached hydrogens (primary N) is 1. The van der Waals surface area contributed by atoms with Crippen molar-refractivity contribution in [2.75, 3.05) is 5.73 Å². The lowest BCUT2D eigenvalue weighted by atomic mass is 10.2. The van der Waals surface area contributed by atoms with E-state index in [1.807, 2.05) is 28.8 Å². The van der Waals surface area contributed by atoms with Crippen LogP contribution in [0.4, 0.5) is 5.95 Å². The minimum Gasteiger partial charge on any atom is -0.369 e. The van der Waals surface area contributed by atoms with Gasteiger partial charge in [-0.3, -0.25) is 9.55 Å². The summed E-state index contributed by atoms with van der Waals surface area (Å²) in [7, 11) is 0. The van der Waals surface area contributed by atoms with Crippen LogP contribution in [0.15, 0.2) is 42.9 Å². The number of imidazole rings is 1. The molecule has 90 valence electrons. The Labute approximate surface area is 104 Å². The summed E-state index contributed by atoms with van der Waals surface area (Å²) >= 11 is 0. The predicted octanol–water partition coefficient (Wildman–Crippen LogP) is 1.65. The van der Waals surface area contributed by atoms with E-state index in [0.717, 1.165) is 24.1 Å². The highest BCUT2D eigenvalue weighted by Crippen LogP contribution is 2.15. The van der Waals surface area contributed by atoms with E-state index in [-0.39, 0.29) is 0 Å². The van der Waals surface area contributed by atoms with Crippen molar-refractivity contribution in [2.24, 2.45) is 0 Å². The highest BCUT2D eigenvalue weighted by Gasteiger charge is 2.08. The van der Waals surface area contributed by atoms with Crippen molar-refractivity contribution in [1.82, 2.24) is 19.5 Å². The third-order valence-corrected chi connectivity index (χ3v) is 2.91. The smallest absolute Gasteiger partial charge is 0.202 e. The van der Waals surface area contributed by atoms with Gasteiger partial charge in [-0.2, -0.15) is 0 Å². The minimum atomic E-state index is 0.512. The van der Waals surface area contributed by atoms with E-state index < -0.39 is 0 Å². The van der Waals surface area contributed by atoms with Gasteiger partial charge >= 0.3 is 0 Å². The second-order valence-corrected chi connectivity index (χ2v) is 4.07. The van der Waals surface area contributed by atoms with E-state index in [0.29, 0.717) is 5.95 Å². The lowest BCUT2D eigenvalue weighted by Gasteiger charge is -2.05. The predicted molar refractivity (Wildman–Crippen MR) is 69.9 cm³/mol. The van der Waals surface area contributed by atoms with E-state index in [1.165, 1.54) is 5.56 Å². The van der Waals surface area contributed by atoms with Crippen molar-refractivity contribution in [3.63, 3.8) is 0 Å². The van der Waals surface area contributed by atoms with Crippen LogP contribution in [0, 0.1) is 0 Å². The molecule has 0 fully saturated rings. The van der Waals surface area contributed by atoms with Gasteiger partial charge in [-0.25, -0.2) is 9.97 Å². The minimum absolute atomic E-state index is 0.512. The lowest BCUT2D eigenvalue weighted by molar-refractivity contribution is 0.719. The third kappa shape index (κ3) is 1.90. The fraction of sp³-hybridized carbons (Fsp3) is 0.154. The van der Waals surface area contributed by atoms with Crippen LogP contribution in [0.3, 0.4) is 0 Å². The molecular formula is C13H13N5. The summed E-state index contributed by atoms with van der Waals surface area (Å²) in [5.74, 6) is 0.512. The third-order valence-electron chi connectivity index (χ3n) is 2.91. The zero-order valence-electron chi connectivity index (χ0n) is 9.82. The van der Waals surface area contributed by atoms with Gasteiger partial charge < -0.3 is 5.73 Å². The Morgan fingerprint density at radius 2 is 1.94 bits per heavy atom. The van der Waals surface area contributed by atoms with Crippen LogP contribution in [0.1, 0.15) is 5.56 Å². The number of pyridine rings is 2. The molecule has 0 unspecified atom stereocenters. The van der Waals surface area contributed by atoms with Gasteiger partial charge in [0, 0.05) is 25.1 Å². The summed E-state index contributed by atoms with van der Waals surface area (Å²) in [4.78, 5) is 12.6. The summed E-state index contributed by atoms with van der Waals surface area (Å²) in [6.45, 7) is 0.767. The van der Waals surface area contributed by atoms with E-state index in [4.69, 9.17) is 5.73 Å². The average Bonchev–Trinajstić information content (AvgIpc) is 2.73. The number of rotatable bonds is 3. The first-order valence-electron chi connectivity index (χ1n) is 5.80. The van der Waals surface area contributed by atoms with E-state index >= 15 is 0 Å². The van der Waals surface area contributed by atoms with Gasteiger partial charge in [0.2, 0.25) is 5.95 Å². The molecule has 0 radical (unpaired) electrons. The van der Waals surface area contributed by atoms with Crippen molar-refractivity contribution < 1.29 is 0 Å². The van der Waals surface area contributed by atoms with Crippen molar-refractivity contribution in [1.29, 1.82) is 0 Å². The molecule has 3 heterocycles. The topological polar surface area (TPSA) is 69.6 Å². The molecule has 3 aromatic heterocycles. The maximum absolute atomic E-state index is 5.92. The van der Waals surface area contributed by atoms with Crippen LogP contribution >= 0.6 is 0 Å². The van der Waals surface area contributed by atoms with Crippen LogP contribution < -0.4 is 5.73 Å². The van der Waals surface area contributed by atoms with Crippen molar-refractivity contribution >= 4 is 17.1 Å². The zero-order chi connectivity index (χ0) is 12.4. The molecular weight excluding hydrogens is 226 g/mol. The molecule has 0 saturated carbocycles. The fourth-order valence-corrected chi connectivity index (χ4v) is 1.99. The Morgan fingerprint density at radius 3 is 2.78 bits per heavy atom. The van der Waals surface area contributed by atoms with Gasteiger partial charge in [0.05, 0.1) is 0 Å². The Morgan fingerprint density at radius 1 is 1.11 bits per heavy atom. The van der Waals surface area contributed by atoms with Crippen LogP contribution in [0.2, 0.25) is 0 Å². The number of aromatic nitrogens is 4. The summed E-state index contributed by atoms with van der Waals surface area (Å²) in [6, 6.07) is 7.79. The molecule has 3 aromatic rings. The van der Waals surface area contributed by atoms with Gasteiger partial charge in [0.1, 0.15) is 5.52 Å². The Kier molecular flexibility index (Phi) is 2.64. The number of hydrogen-bond acceptors (Lipinski definition) is 4. The Hall–Kier alpha value is -2.43. The quantitative estimate of drug-likeness (QED) is 0.754. The molecule has 5 heteroatoms. The summed E-state index contributed by atoms with van der Waals surface area (Å²) in [5, 5.41) is 0. The highest BCUT2D eigenvalue weighted by atomic mass is 15.2. The summed E-state index contributed by atoms with van der Waals surface area (Å²) in [5.41, 5.74) is 8.82. The first kappa shape index (κ1) is 10.7.